The smallest absolute Gasteiger partial charge is 0.153 e. The van der Waals surface area contributed by atoms with Gasteiger partial charge in [-0.3, -0.25) is 4.68 Å². The maximum atomic E-state index is 5.84. The van der Waals surface area contributed by atoms with Gasteiger partial charge in [0.1, 0.15) is 0 Å². The van der Waals surface area contributed by atoms with Gasteiger partial charge in [-0.15, -0.1) is 0 Å². The van der Waals surface area contributed by atoms with Crippen LogP contribution in [0, 0.1) is 0 Å². The molecule has 2 rings (SSSR count). The summed E-state index contributed by atoms with van der Waals surface area (Å²) >= 11 is 1.92. The first-order valence-corrected chi connectivity index (χ1v) is 6.27. The van der Waals surface area contributed by atoms with Gasteiger partial charge in [0.05, 0.1) is 12.1 Å². The molecule has 80 valence electrons. The molecule has 0 amide bonds. The molecule has 3 nitrogen and oxygen atoms in total. The summed E-state index contributed by atoms with van der Waals surface area (Å²) in [5, 5.41) is 5.40. The normalized spacial score (nSPS) is 11.0. The van der Waals surface area contributed by atoms with Crippen molar-refractivity contribution >= 4 is 28.5 Å². The molecular formula is C11H15N3S. The lowest BCUT2D eigenvalue weighted by Crippen LogP contribution is -2.03. The zero-order valence-electron chi connectivity index (χ0n) is 8.81. The number of para-hydroxylation sites is 1. The second kappa shape index (κ2) is 4.57. The summed E-state index contributed by atoms with van der Waals surface area (Å²) in [4.78, 5) is 0. The Hall–Kier alpha value is -1.16. The highest BCUT2D eigenvalue weighted by molar-refractivity contribution is 7.99. The van der Waals surface area contributed by atoms with Gasteiger partial charge in [-0.25, -0.2) is 0 Å². The second-order valence-electron chi connectivity index (χ2n) is 3.32. The Labute approximate surface area is 93.6 Å². The highest BCUT2D eigenvalue weighted by atomic mass is 32.2. The fourth-order valence-electron chi connectivity index (χ4n) is 1.62. The number of thioether (sulfide) groups is 1. The SMILES string of the molecule is CCSCCn1nc(N)c2ccccc21. The van der Waals surface area contributed by atoms with Crippen LogP contribution in [-0.2, 0) is 6.54 Å². The van der Waals surface area contributed by atoms with E-state index in [1.54, 1.807) is 0 Å². The lowest BCUT2D eigenvalue weighted by atomic mass is 10.2. The van der Waals surface area contributed by atoms with Crippen LogP contribution >= 0.6 is 11.8 Å². The van der Waals surface area contributed by atoms with Crippen LogP contribution in [0.2, 0.25) is 0 Å². The summed E-state index contributed by atoms with van der Waals surface area (Å²) in [5.74, 6) is 2.86. The molecule has 0 spiro atoms. The van der Waals surface area contributed by atoms with Crippen LogP contribution in [0.4, 0.5) is 5.82 Å². The van der Waals surface area contributed by atoms with E-state index in [1.165, 1.54) is 0 Å². The van der Waals surface area contributed by atoms with E-state index in [1.807, 2.05) is 34.6 Å². The lowest BCUT2D eigenvalue weighted by molar-refractivity contribution is 0.694. The van der Waals surface area contributed by atoms with Crippen molar-refractivity contribution in [3.63, 3.8) is 0 Å². The van der Waals surface area contributed by atoms with Gasteiger partial charge in [-0.1, -0.05) is 19.1 Å². The largest absolute Gasteiger partial charge is 0.382 e. The van der Waals surface area contributed by atoms with Gasteiger partial charge in [0.25, 0.3) is 0 Å². The van der Waals surface area contributed by atoms with Crippen LogP contribution in [0.1, 0.15) is 6.92 Å². The minimum Gasteiger partial charge on any atom is -0.382 e. The maximum absolute atomic E-state index is 5.84. The average Bonchev–Trinajstić information content (AvgIpc) is 2.58. The number of hydrogen-bond donors (Lipinski definition) is 1. The summed E-state index contributed by atoms with van der Waals surface area (Å²) in [6.07, 6.45) is 0. The van der Waals surface area contributed by atoms with Gasteiger partial charge in [0.15, 0.2) is 5.82 Å². The van der Waals surface area contributed by atoms with E-state index in [4.69, 9.17) is 5.73 Å². The molecule has 15 heavy (non-hydrogen) atoms. The van der Waals surface area contributed by atoms with Gasteiger partial charge in [-0.2, -0.15) is 16.9 Å². The number of anilines is 1. The van der Waals surface area contributed by atoms with Crippen LogP contribution in [0.15, 0.2) is 24.3 Å². The van der Waals surface area contributed by atoms with E-state index < -0.39 is 0 Å². The van der Waals surface area contributed by atoms with Gasteiger partial charge in [-0.05, 0) is 17.9 Å². The van der Waals surface area contributed by atoms with Crippen molar-refractivity contribution < 1.29 is 0 Å². The highest BCUT2D eigenvalue weighted by Crippen LogP contribution is 2.20. The summed E-state index contributed by atoms with van der Waals surface area (Å²) < 4.78 is 1.99. The molecule has 0 aliphatic carbocycles. The third-order valence-electron chi connectivity index (χ3n) is 2.34. The van der Waals surface area contributed by atoms with E-state index in [-0.39, 0.29) is 0 Å². The monoisotopic (exact) mass is 221 g/mol. The van der Waals surface area contributed by atoms with Crippen LogP contribution < -0.4 is 5.73 Å². The fraction of sp³-hybridized carbons (Fsp3) is 0.364. The van der Waals surface area contributed by atoms with E-state index in [2.05, 4.69) is 18.1 Å². The third-order valence-corrected chi connectivity index (χ3v) is 3.22. The molecule has 0 aliphatic rings. The molecule has 1 aromatic heterocycles. The Balaban J connectivity index is 2.27. The van der Waals surface area contributed by atoms with Crippen molar-refractivity contribution in [1.82, 2.24) is 9.78 Å². The van der Waals surface area contributed by atoms with Crippen LogP contribution in [0.5, 0.6) is 0 Å². The first-order valence-electron chi connectivity index (χ1n) is 5.11. The number of benzene rings is 1. The molecule has 2 aromatic rings. The Morgan fingerprint density at radius 2 is 2.20 bits per heavy atom. The first-order chi connectivity index (χ1) is 7.33. The van der Waals surface area contributed by atoms with Crippen LogP contribution in [-0.4, -0.2) is 21.3 Å². The zero-order chi connectivity index (χ0) is 10.7. The average molecular weight is 221 g/mol. The molecule has 1 aromatic carbocycles. The molecule has 0 unspecified atom stereocenters. The van der Waals surface area contributed by atoms with Crippen LogP contribution in [0.3, 0.4) is 0 Å². The molecule has 0 atom stereocenters. The first kappa shape index (κ1) is 10.4. The van der Waals surface area contributed by atoms with E-state index in [0.717, 1.165) is 29.0 Å². The summed E-state index contributed by atoms with van der Waals surface area (Å²) in [7, 11) is 0. The van der Waals surface area contributed by atoms with Crippen molar-refractivity contribution in [1.29, 1.82) is 0 Å². The van der Waals surface area contributed by atoms with E-state index >= 15 is 0 Å². The minimum absolute atomic E-state index is 0.632. The van der Waals surface area contributed by atoms with Crippen molar-refractivity contribution in [3.8, 4) is 0 Å². The van der Waals surface area contributed by atoms with Crippen molar-refractivity contribution in [2.45, 2.75) is 13.5 Å². The van der Waals surface area contributed by atoms with Gasteiger partial charge in [0.2, 0.25) is 0 Å². The van der Waals surface area contributed by atoms with Crippen molar-refractivity contribution in [3.05, 3.63) is 24.3 Å². The molecular weight excluding hydrogens is 206 g/mol. The molecule has 0 bridgehead atoms. The quantitative estimate of drug-likeness (QED) is 0.806. The summed E-state index contributed by atoms with van der Waals surface area (Å²) in [6.45, 7) is 3.09. The molecule has 0 saturated heterocycles. The molecule has 1 heterocycles. The predicted octanol–water partition coefficient (Wildman–Crippen LogP) is 2.37. The molecule has 2 N–H and O–H groups in total. The lowest BCUT2D eigenvalue weighted by Gasteiger charge is -2.01. The number of aryl methyl sites for hydroxylation is 1. The van der Waals surface area contributed by atoms with Crippen molar-refractivity contribution in [2.75, 3.05) is 17.2 Å². The highest BCUT2D eigenvalue weighted by Gasteiger charge is 2.05. The number of hydrogen-bond acceptors (Lipinski definition) is 3. The number of nitrogen functional groups attached to an aromatic ring is 1. The number of nitrogens with zero attached hydrogens (tertiary/aromatic N) is 2. The van der Waals surface area contributed by atoms with E-state index in [0.29, 0.717) is 5.82 Å². The second-order valence-corrected chi connectivity index (χ2v) is 4.72. The summed E-state index contributed by atoms with van der Waals surface area (Å²) in [5.41, 5.74) is 6.97. The Kier molecular flexibility index (Phi) is 3.16. The Morgan fingerprint density at radius 3 is 3.00 bits per heavy atom. The number of nitrogens with two attached hydrogens (primary N) is 1. The van der Waals surface area contributed by atoms with Gasteiger partial charge >= 0.3 is 0 Å². The maximum Gasteiger partial charge on any atom is 0.153 e. The Bertz CT molecular complexity index is 450. The molecule has 4 heteroatoms. The molecule has 0 saturated carbocycles. The number of rotatable bonds is 4. The standard InChI is InChI=1S/C11H15N3S/c1-2-15-8-7-14-10-6-4-3-5-9(10)11(12)13-14/h3-6H,2,7-8H2,1H3,(H2,12,13). The van der Waals surface area contributed by atoms with E-state index in [9.17, 15) is 0 Å². The third kappa shape index (κ3) is 2.09. The fourth-order valence-corrected chi connectivity index (χ4v) is 2.21. The summed E-state index contributed by atoms with van der Waals surface area (Å²) in [6, 6.07) is 8.09. The number of aromatic nitrogens is 2. The molecule has 0 radical (unpaired) electrons. The van der Waals surface area contributed by atoms with Gasteiger partial charge < -0.3 is 5.73 Å². The Morgan fingerprint density at radius 1 is 1.40 bits per heavy atom. The number of fused-ring (bicyclic) bond motifs is 1. The van der Waals surface area contributed by atoms with Gasteiger partial charge in [0, 0.05) is 11.1 Å². The van der Waals surface area contributed by atoms with Crippen LogP contribution in [0.25, 0.3) is 10.9 Å². The topological polar surface area (TPSA) is 43.8 Å². The zero-order valence-corrected chi connectivity index (χ0v) is 9.63. The molecule has 0 aliphatic heterocycles. The van der Waals surface area contributed by atoms with Crippen molar-refractivity contribution in [2.24, 2.45) is 0 Å². The minimum atomic E-state index is 0.632. The molecule has 0 fully saturated rings. The predicted molar refractivity (Wildman–Crippen MR) is 67.1 cm³/mol.